The molecule has 0 heterocycles. The van der Waals surface area contributed by atoms with Crippen LogP contribution in [0, 0.1) is 0 Å². The van der Waals surface area contributed by atoms with E-state index < -0.39 is 6.10 Å². The molecule has 1 aromatic rings. The number of ether oxygens (including phenoxy) is 1. The third-order valence-electron chi connectivity index (χ3n) is 3.42. The maximum atomic E-state index is 9.61. The van der Waals surface area contributed by atoms with Gasteiger partial charge in [-0.3, -0.25) is 0 Å². The van der Waals surface area contributed by atoms with Gasteiger partial charge in [0.25, 0.3) is 0 Å². The summed E-state index contributed by atoms with van der Waals surface area (Å²) in [4.78, 5) is 0. The lowest BCUT2D eigenvalue weighted by atomic mass is 9.80. The molecule has 0 saturated heterocycles. The summed E-state index contributed by atoms with van der Waals surface area (Å²) in [6.07, 6.45) is -0.509. The second kappa shape index (κ2) is 6.15. The fourth-order valence-corrected chi connectivity index (χ4v) is 1.98. The molecule has 0 saturated carbocycles. The summed E-state index contributed by atoms with van der Waals surface area (Å²) in [5.41, 5.74) is 6.29. The smallest absolute Gasteiger partial charge is 0.136 e. The predicted molar refractivity (Wildman–Crippen MR) is 83.1 cm³/mol. The normalized spacial score (nSPS) is 14.2. The maximum absolute atomic E-state index is 9.61. The molecule has 0 aliphatic carbocycles. The van der Waals surface area contributed by atoms with Gasteiger partial charge in [-0.05, 0) is 28.0 Å². The molecule has 114 valence electrons. The standard InChI is InChI=1S/C17H29NO2/c1-16(2,3)12-7-8-15(20-11-13(19)10-18)14(9-12)17(4,5)6/h7-9,13,19H,10-11,18H2,1-6H3/p+1/t13-/m1/s1. The van der Waals surface area contributed by atoms with Crippen LogP contribution in [-0.2, 0) is 10.8 Å². The second-order valence-electron chi connectivity index (χ2n) is 7.46. The van der Waals surface area contributed by atoms with E-state index in [0.29, 0.717) is 13.2 Å². The van der Waals surface area contributed by atoms with Gasteiger partial charge >= 0.3 is 0 Å². The highest BCUT2D eigenvalue weighted by Crippen LogP contribution is 2.35. The van der Waals surface area contributed by atoms with Crippen molar-refractivity contribution in [2.24, 2.45) is 0 Å². The molecule has 1 aromatic carbocycles. The first-order valence-electron chi connectivity index (χ1n) is 7.31. The molecule has 0 amide bonds. The zero-order valence-corrected chi connectivity index (χ0v) is 13.8. The Morgan fingerprint density at radius 1 is 1.10 bits per heavy atom. The minimum atomic E-state index is -0.509. The highest BCUT2D eigenvalue weighted by molar-refractivity contribution is 5.43. The highest BCUT2D eigenvalue weighted by Gasteiger charge is 2.23. The van der Waals surface area contributed by atoms with Gasteiger partial charge < -0.3 is 15.6 Å². The third-order valence-corrected chi connectivity index (χ3v) is 3.42. The van der Waals surface area contributed by atoms with E-state index >= 15 is 0 Å². The molecule has 0 spiro atoms. The van der Waals surface area contributed by atoms with Crippen molar-refractivity contribution in [2.75, 3.05) is 13.2 Å². The molecule has 1 atom stereocenters. The number of hydrogen-bond donors (Lipinski definition) is 2. The number of aliphatic hydroxyl groups excluding tert-OH is 1. The van der Waals surface area contributed by atoms with E-state index in [0.717, 1.165) is 5.75 Å². The Morgan fingerprint density at radius 2 is 1.70 bits per heavy atom. The van der Waals surface area contributed by atoms with Crippen molar-refractivity contribution in [2.45, 2.75) is 58.5 Å². The number of hydrogen-bond acceptors (Lipinski definition) is 2. The molecule has 3 nitrogen and oxygen atoms in total. The van der Waals surface area contributed by atoms with Crippen LogP contribution in [0.1, 0.15) is 52.7 Å². The van der Waals surface area contributed by atoms with E-state index in [1.165, 1.54) is 11.1 Å². The van der Waals surface area contributed by atoms with Crippen molar-refractivity contribution in [3.05, 3.63) is 29.3 Å². The average Bonchev–Trinajstić information content (AvgIpc) is 2.33. The first-order valence-corrected chi connectivity index (χ1v) is 7.31. The quantitative estimate of drug-likeness (QED) is 0.889. The molecule has 0 fully saturated rings. The van der Waals surface area contributed by atoms with E-state index in [2.05, 4.69) is 59.4 Å². The van der Waals surface area contributed by atoms with Crippen molar-refractivity contribution in [3.63, 3.8) is 0 Å². The first-order chi connectivity index (χ1) is 9.05. The molecule has 4 N–H and O–H groups in total. The topological polar surface area (TPSA) is 57.1 Å². The summed E-state index contributed by atoms with van der Waals surface area (Å²) in [7, 11) is 0. The zero-order valence-electron chi connectivity index (χ0n) is 13.8. The Balaban J connectivity index is 3.12. The molecule has 0 aliphatic rings. The van der Waals surface area contributed by atoms with Crippen LogP contribution >= 0.6 is 0 Å². The lowest BCUT2D eigenvalue weighted by molar-refractivity contribution is -0.384. The Labute approximate surface area is 123 Å². The van der Waals surface area contributed by atoms with E-state index in [9.17, 15) is 5.11 Å². The lowest BCUT2D eigenvalue weighted by Gasteiger charge is -2.27. The van der Waals surface area contributed by atoms with Gasteiger partial charge in [-0.1, -0.05) is 53.7 Å². The number of aliphatic hydroxyl groups is 1. The van der Waals surface area contributed by atoms with Crippen LogP contribution in [0.2, 0.25) is 0 Å². The van der Waals surface area contributed by atoms with Crippen LogP contribution in [0.5, 0.6) is 5.75 Å². The first kappa shape index (κ1) is 17.0. The molecule has 0 unspecified atom stereocenters. The summed E-state index contributed by atoms with van der Waals surface area (Å²) in [5, 5.41) is 9.61. The third kappa shape index (κ3) is 4.50. The molecule has 0 aromatic heterocycles. The molecule has 1 rings (SSSR count). The van der Waals surface area contributed by atoms with Crippen molar-refractivity contribution in [3.8, 4) is 5.75 Å². The van der Waals surface area contributed by atoms with Crippen LogP contribution in [-0.4, -0.2) is 24.4 Å². The van der Waals surface area contributed by atoms with Gasteiger partial charge in [0.2, 0.25) is 0 Å². The predicted octanol–water partition coefficient (Wildman–Crippen LogP) is 2.26. The molecule has 0 bridgehead atoms. The lowest BCUT2D eigenvalue weighted by Crippen LogP contribution is -2.56. The fraction of sp³-hybridized carbons (Fsp3) is 0.647. The number of quaternary nitrogens is 1. The monoisotopic (exact) mass is 280 g/mol. The Hall–Kier alpha value is -1.06. The van der Waals surface area contributed by atoms with Crippen molar-refractivity contribution in [1.82, 2.24) is 0 Å². The summed E-state index contributed by atoms with van der Waals surface area (Å²) in [5.74, 6) is 0.859. The van der Waals surface area contributed by atoms with Gasteiger partial charge in [-0.2, -0.15) is 0 Å². The molecule has 3 heteroatoms. The Morgan fingerprint density at radius 3 is 2.15 bits per heavy atom. The van der Waals surface area contributed by atoms with E-state index in [1.54, 1.807) is 0 Å². The highest BCUT2D eigenvalue weighted by atomic mass is 16.5. The molecular weight excluding hydrogens is 250 g/mol. The Kier molecular flexibility index (Phi) is 5.22. The maximum Gasteiger partial charge on any atom is 0.136 e. The van der Waals surface area contributed by atoms with Crippen LogP contribution < -0.4 is 10.5 Å². The largest absolute Gasteiger partial charge is 0.490 e. The number of rotatable bonds is 4. The summed E-state index contributed by atoms with van der Waals surface area (Å²) < 4.78 is 5.79. The van der Waals surface area contributed by atoms with Crippen LogP contribution in [0.3, 0.4) is 0 Å². The average molecular weight is 280 g/mol. The van der Waals surface area contributed by atoms with E-state index in [4.69, 9.17) is 4.74 Å². The van der Waals surface area contributed by atoms with Gasteiger partial charge in [0.1, 0.15) is 25.0 Å². The number of benzene rings is 1. The van der Waals surface area contributed by atoms with Gasteiger partial charge in [0.15, 0.2) is 0 Å². The molecule has 0 radical (unpaired) electrons. The van der Waals surface area contributed by atoms with Crippen molar-refractivity contribution < 1.29 is 15.6 Å². The fourth-order valence-electron chi connectivity index (χ4n) is 1.98. The van der Waals surface area contributed by atoms with Gasteiger partial charge in [0.05, 0.1) is 0 Å². The summed E-state index contributed by atoms with van der Waals surface area (Å²) in [6.45, 7) is 13.9. The summed E-state index contributed by atoms with van der Waals surface area (Å²) in [6, 6.07) is 6.37. The molecular formula is C17H30NO2+. The SMILES string of the molecule is CC(C)(C)c1ccc(OC[C@H](O)C[NH3+])c(C(C)(C)C)c1. The van der Waals surface area contributed by atoms with Crippen molar-refractivity contribution >= 4 is 0 Å². The van der Waals surface area contributed by atoms with Gasteiger partial charge in [0, 0.05) is 0 Å². The zero-order chi connectivity index (χ0) is 15.6. The summed E-state index contributed by atoms with van der Waals surface area (Å²) >= 11 is 0. The van der Waals surface area contributed by atoms with E-state index in [1.807, 2.05) is 6.07 Å². The van der Waals surface area contributed by atoms with Crippen LogP contribution in [0.4, 0.5) is 0 Å². The van der Waals surface area contributed by atoms with Crippen LogP contribution in [0.25, 0.3) is 0 Å². The second-order valence-corrected chi connectivity index (χ2v) is 7.46. The van der Waals surface area contributed by atoms with Gasteiger partial charge in [-0.15, -0.1) is 0 Å². The minimum Gasteiger partial charge on any atom is -0.490 e. The van der Waals surface area contributed by atoms with Gasteiger partial charge in [-0.25, -0.2) is 0 Å². The Bertz CT molecular complexity index is 441. The molecule has 0 aliphatic heterocycles. The molecule has 20 heavy (non-hydrogen) atoms. The van der Waals surface area contributed by atoms with Crippen LogP contribution in [0.15, 0.2) is 18.2 Å². The minimum absolute atomic E-state index is 0.00596. The van der Waals surface area contributed by atoms with Crippen molar-refractivity contribution in [1.29, 1.82) is 0 Å². The van der Waals surface area contributed by atoms with E-state index in [-0.39, 0.29) is 10.8 Å².